The van der Waals surface area contributed by atoms with Gasteiger partial charge in [0.1, 0.15) is 23.9 Å². The lowest BCUT2D eigenvalue weighted by Crippen LogP contribution is -2.43. The molecule has 7 heteroatoms. The third-order valence-electron chi connectivity index (χ3n) is 5.96. The average molecular weight is 495 g/mol. The van der Waals surface area contributed by atoms with Gasteiger partial charge in [-0.15, -0.1) is 0 Å². The standard InChI is InChI=1S/C29H35FN2O4/c1-21-6-15-26(36-21)19-32(18-22-7-13-25(30)14-8-22)27(33)20-31(16-17-35-5)28(34)23-9-11-24(12-10-23)29(2,3)4/h6-15H,16-20H2,1-5H3. The van der Waals surface area contributed by atoms with Gasteiger partial charge in [0.2, 0.25) is 5.91 Å². The molecule has 0 bridgehead atoms. The summed E-state index contributed by atoms with van der Waals surface area (Å²) in [6.07, 6.45) is 0. The fraction of sp³-hybridized carbons (Fsp3) is 0.379. The number of benzene rings is 2. The summed E-state index contributed by atoms with van der Waals surface area (Å²) in [5.74, 6) is 0.554. The fourth-order valence-electron chi connectivity index (χ4n) is 3.81. The van der Waals surface area contributed by atoms with E-state index in [-0.39, 0.29) is 49.2 Å². The van der Waals surface area contributed by atoms with Crippen LogP contribution in [0.1, 0.15) is 53.8 Å². The van der Waals surface area contributed by atoms with Crippen molar-refractivity contribution in [2.24, 2.45) is 0 Å². The highest BCUT2D eigenvalue weighted by atomic mass is 19.1. The van der Waals surface area contributed by atoms with Gasteiger partial charge in [-0.25, -0.2) is 4.39 Å². The molecule has 36 heavy (non-hydrogen) atoms. The smallest absolute Gasteiger partial charge is 0.254 e. The van der Waals surface area contributed by atoms with Gasteiger partial charge in [0.25, 0.3) is 5.91 Å². The SMILES string of the molecule is COCCN(CC(=O)N(Cc1ccc(F)cc1)Cc1ccc(C)o1)C(=O)c1ccc(C(C)(C)C)cc1. The number of carbonyl (C=O) groups excluding carboxylic acids is 2. The summed E-state index contributed by atoms with van der Waals surface area (Å²) in [4.78, 5) is 30.0. The van der Waals surface area contributed by atoms with E-state index in [1.807, 2.05) is 31.2 Å². The molecule has 0 aliphatic heterocycles. The number of hydrogen-bond acceptors (Lipinski definition) is 4. The van der Waals surface area contributed by atoms with E-state index in [4.69, 9.17) is 9.15 Å². The first kappa shape index (κ1) is 27.1. The summed E-state index contributed by atoms with van der Waals surface area (Å²) in [5.41, 5.74) is 2.38. The number of halogens is 1. The van der Waals surface area contributed by atoms with Gasteiger partial charge in [-0.1, -0.05) is 45.0 Å². The molecule has 0 saturated heterocycles. The minimum absolute atomic E-state index is 0.0294. The number of ether oxygens (including phenoxy) is 1. The Morgan fingerprint density at radius 3 is 2.14 bits per heavy atom. The molecule has 0 spiro atoms. The molecule has 0 saturated carbocycles. The van der Waals surface area contributed by atoms with E-state index in [0.29, 0.717) is 17.9 Å². The molecule has 0 aliphatic carbocycles. The Kier molecular flexibility index (Phi) is 9.04. The van der Waals surface area contributed by atoms with Gasteiger partial charge in [0, 0.05) is 25.8 Å². The lowest BCUT2D eigenvalue weighted by atomic mass is 9.86. The Bertz CT molecular complexity index is 1150. The molecule has 3 rings (SSSR count). The number of hydrogen-bond donors (Lipinski definition) is 0. The van der Waals surface area contributed by atoms with Gasteiger partial charge in [-0.2, -0.15) is 0 Å². The highest BCUT2D eigenvalue weighted by Crippen LogP contribution is 2.23. The zero-order valence-corrected chi connectivity index (χ0v) is 21.7. The zero-order chi connectivity index (χ0) is 26.3. The predicted octanol–water partition coefficient (Wildman–Crippen LogP) is 5.34. The molecule has 3 aromatic rings. The third-order valence-corrected chi connectivity index (χ3v) is 5.96. The van der Waals surface area contributed by atoms with Crippen molar-refractivity contribution < 1.29 is 23.1 Å². The van der Waals surface area contributed by atoms with Crippen molar-refractivity contribution in [2.45, 2.75) is 46.2 Å². The van der Waals surface area contributed by atoms with Gasteiger partial charge in [0.05, 0.1) is 13.2 Å². The van der Waals surface area contributed by atoms with Crippen LogP contribution in [0.4, 0.5) is 4.39 Å². The number of carbonyl (C=O) groups is 2. The molecule has 0 radical (unpaired) electrons. The van der Waals surface area contributed by atoms with Crippen LogP contribution in [0.5, 0.6) is 0 Å². The lowest BCUT2D eigenvalue weighted by Gasteiger charge is -2.27. The topological polar surface area (TPSA) is 63.0 Å². The van der Waals surface area contributed by atoms with Crippen LogP contribution in [0.25, 0.3) is 0 Å². The summed E-state index contributed by atoms with van der Waals surface area (Å²) < 4.78 is 24.3. The van der Waals surface area contributed by atoms with Crippen molar-refractivity contribution >= 4 is 11.8 Å². The Morgan fingerprint density at radius 1 is 0.917 bits per heavy atom. The number of aryl methyl sites for hydroxylation is 1. The number of amides is 2. The van der Waals surface area contributed by atoms with Crippen LogP contribution in [0.2, 0.25) is 0 Å². The molecular formula is C29H35FN2O4. The van der Waals surface area contributed by atoms with Crippen LogP contribution in [-0.2, 0) is 28.0 Å². The maximum atomic E-state index is 13.5. The molecule has 0 aliphatic rings. The quantitative estimate of drug-likeness (QED) is 0.382. The minimum atomic E-state index is -0.341. The summed E-state index contributed by atoms with van der Waals surface area (Å²) in [7, 11) is 1.56. The third kappa shape index (κ3) is 7.52. The Morgan fingerprint density at radius 2 is 1.58 bits per heavy atom. The van der Waals surface area contributed by atoms with Crippen LogP contribution < -0.4 is 0 Å². The summed E-state index contributed by atoms with van der Waals surface area (Å²) >= 11 is 0. The molecule has 6 nitrogen and oxygen atoms in total. The average Bonchev–Trinajstić information content (AvgIpc) is 3.26. The van der Waals surface area contributed by atoms with Gasteiger partial charge in [-0.05, 0) is 59.9 Å². The van der Waals surface area contributed by atoms with E-state index < -0.39 is 0 Å². The molecule has 0 fully saturated rings. The van der Waals surface area contributed by atoms with Crippen LogP contribution in [0.3, 0.4) is 0 Å². The Hall–Kier alpha value is -3.45. The van der Waals surface area contributed by atoms with E-state index in [9.17, 15) is 14.0 Å². The van der Waals surface area contributed by atoms with Crippen molar-refractivity contribution in [3.05, 3.63) is 94.7 Å². The molecule has 1 aromatic heterocycles. The maximum absolute atomic E-state index is 13.5. The second kappa shape index (κ2) is 12.0. The molecule has 192 valence electrons. The summed E-state index contributed by atoms with van der Waals surface area (Å²) in [6.45, 7) is 9.12. The van der Waals surface area contributed by atoms with E-state index in [1.54, 1.807) is 36.3 Å². The number of rotatable bonds is 10. The predicted molar refractivity (Wildman–Crippen MR) is 137 cm³/mol. The van der Waals surface area contributed by atoms with E-state index >= 15 is 0 Å². The van der Waals surface area contributed by atoms with Crippen molar-refractivity contribution in [1.82, 2.24) is 9.80 Å². The fourth-order valence-corrected chi connectivity index (χ4v) is 3.81. The normalized spacial score (nSPS) is 11.4. The van der Waals surface area contributed by atoms with E-state index in [2.05, 4.69) is 20.8 Å². The van der Waals surface area contributed by atoms with Gasteiger partial charge in [0.15, 0.2) is 0 Å². The monoisotopic (exact) mass is 494 g/mol. The first-order valence-electron chi connectivity index (χ1n) is 12.0. The lowest BCUT2D eigenvalue weighted by molar-refractivity contribution is -0.133. The van der Waals surface area contributed by atoms with Gasteiger partial charge in [-0.3, -0.25) is 9.59 Å². The van der Waals surface area contributed by atoms with Crippen molar-refractivity contribution in [3.8, 4) is 0 Å². The van der Waals surface area contributed by atoms with Crippen LogP contribution in [-0.4, -0.2) is 48.4 Å². The second-order valence-corrected chi connectivity index (χ2v) is 9.94. The van der Waals surface area contributed by atoms with Crippen LogP contribution in [0, 0.1) is 12.7 Å². The molecule has 2 aromatic carbocycles. The van der Waals surface area contributed by atoms with Gasteiger partial charge >= 0.3 is 0 Å². The molecule has 2 amide bonds. The first-order valence-corrected chi connectivity index (χ1v) is 12.0. The van der Waals surface area contributed by atoms with Crippen LogP contribution >= 0.6 is 0 Å². The maximum Gasteiger partial charge on any atom is 0.254 e. The number of nitrogens with zero attached hydrogens (tertiary/aromatic N) is 2. The summed E-state index contributed by atoms with van der Waals surface area (Å²) in [5, 5.41) is 0. The minimum Gasteiger partial charge on any atom is -0.464 e. The Balaban J connectivity index is 1.81. The van der Waals surface area contributed by atoms with E-state index in [0.717, 1.165) is 16.9 Å². The van der Waals surface area contributed by atoms with Gasteiger partial charge < -0.3 is 19.0 Å². The van der Waals surface area contributed by atoms with Crippen molar-refractivity contribution in [3.63, 3.8) is 0 Å². The highest BCUT2D eigenvalue weighted by molar-refractivity contribution is 5.96. The molecule has 0 N–H and O–H groups in total. The van der Waals surface area contributed by atoms with Crippen molar-refractivity contribution in [1.29, 1.82) is 0 Å². The van der Waals surface area contributed by atoms with Crippen LogP contribution in [0.15, 0.2) is 65.1 Å². The highest BCUT2D eigenvalue weighted by Gasteiger charge is 2.24. The summed E-state index contributed by atoms with van der Waals surface area (Å²) in [6, 6.07) is 17.2. The number of furan rings is 1. The van der Waals surface area contributed by atoms with E-state index in [1.165, 1.54) is 17.0 Å². The molecular weight excluding hydrogens is 459 g/mol. The second-order valence-electron chi connectivity index (χ2n) is 9.94. The Labute approximate surface area is 212 Å². The number of methoxy groups -OCH3 is 1. The molecule has 0 atom stereocenters. The zero-order valence-electron chi connectivity index (χ0n) is 21.7. The largest absolute Gasteiger partial charge is 0.464 e. The molecule has 1 heterocycles. The molecule has 0 unspecified atom stereocenters. The van der Waals surface area contributed by atoms with Crippen molar-refractivity contribution in [2.75, 3.05) is 26.8 Å². The first-order chi connectivity index (χ1) is 17.1.